The Morgan fingerprint density at radius 2 is 2.36 bits per heavy atom. The van der Waals surface area contributed by atoms with Gasteiger partial charge in [-0.05, 0) is 13.8 Å². The van der Waals surface area contributed by atoms with E-state index in [4.69, 9.17) is 10.8 Å². The number of nitrogens with zero attached hydrogens (tertiary/aromatic N) is 1. The van der Waals surface area contributed by atoms with Gasteiger partial charge in [0.1, 0.15) is 6.04 Å². The van der Waals surface area contributed by atoms with Gasteiger partial charge in [-0.2, -0.15) is 0 Å². The lowest BCUT2D eigenvalue weighted by molar-refractivity contribution is -0.138. The van der Waals surface area contributed by atoms with Crippen LogP contribution in [-0.4, -0.2) is 22.1 Å². The van der Waals surface area contributed by atoms with Crippen molar-refractivity contribution in [3.8, 4) is 0 Å². The zero-order chi connectivity index (χ0) is 10.7. The molecule has 4 N–H and O–H groups in total. The molecule has 0 aromatic carbocycles. The summed E-state index contributed by atoms with van der Waals surface area (Å²) >= 11 is 1.36. The molecule has 1 unspecified atom stereocenters. The van der Waals surface area contributed by atoms with Gasteiger partial charge in [0.2, 0.25) is 0 Å². The van der Waals surface area contributed by atoms with Crippen LogP contribution in [0, 0.1) is 0 Å². The van der Waals surface area contributed by atoms with Crippen molar-refractivity contribution in [1.82, 2.24) is 4.98 Å². The Hall–Kier alpha value is -1.14. The van der Waals surface area contributed by atoms with Crippen LogP contribution in [0.1, 0.15) is 25.6 Å². The summed E-state index contributed by atoms with van der Waals surface area (Å²) in [6.07, 6.45) is 0. The second-order valence-electron chi connectivity index (χ2n) is 3.19. The summed E-state index contributed by atoms with van der Waals surface area (Å²) in [5.41, 5.74) is 5.79. The van der Waals surface area contributed by atoms with Crippen LogP contribution < -0.4 is 11.1 Å². The lowest BCUT2D eigenvalue weighted by Crippen LogP contribution is -2.21. The van der Waals surface area contributed by atoms with E-state index in [1.807, 2.05) is 13.8 Å². The molecule has 0 fully saturated rings. The van der Waals surface area contributed by atoms with Crippen LogP contribution >= 0.6 is 11.3 Å². The summed E-state index contributed by atoms with van der Waals surface area (Å²) in [4.78, 5) is 14.6. The number of rotatable bonds is 4. The average molecular weight is 215 g/mol. The topological polar surface area (TPSA) is 88.2 Å². The van der Waals surface area contributed by atoms with Crippen molar-refractivity contribution < 1.29 is 9.90 Å². The number of hydrogen-bond acceptors (Lipinski definition) is 5. The molecule has 1 aromatic rings. The Balaban J connectivity index is 2.72. The highest BCUT2D eigenvalue weighted by Gasteiger charge is 2.17. The quantitative estimate of drug-likeness (QED) is 0.698. The number of thiazole rings is 1. The van der Waals surface area contributed by atoms with Gasteiger partial charge in [0.05, 0.1) is 5.69 Å². The number of carboxylic acid groups (broad SMARTS) is 1. The molecule has 78 valence electrons. The zero-order valence-electron chi connectivity index (χ0n) is 8.02. The molecule has 0 saturated carbocycles. The summed E-state index contributed by atoms with van der Waals surface area (Å²) in [5.74, 6) is -1.06. The van der Waals surface area contributed by atoms with E-state index >= 15 is 0 Å². The largest absolute Gasteiger partial charge is 0.480 e. The minimum Gasteiger partial charge on any atom is -0.480 e. The lowest BCUT2D eigenvalue weighted by atomic mass is 10.2. The molecule has 1 aromatic heterocycles. The Morgan fingerprint density at radius 1 is 1.71 bits per heavy atom. The third-order valence-electron chi connectivity index (χ3n) is 1.52. The van der Waals surface area contributed by atoms with E-state index in [2.05, 4.69) is 10.3 Å². The van der Waals surface area contributed by atoms with Crippen LogP contribution in [-0.2, 0) is 4.79 Å². The number of anilines is 1. The van der Waals surface area contributed by atoms with E-state index in [0.717, 1.165) is 0 Å². The van der Waals surface area contributed by atoms with Crippen molar-refractivity contribution in [3.05, 3.63) is 11.1 Å². The van der Waals surface area contributed by atoms with Crippen molar-refractivity contribution >= 4 is 22.4 Å². The molecule has 1 rings (SSSR count). The highest BCUT2D eigenvalue weighted by molar-refractivity contribution is 7.13. The first-order valence-electron chi connectivity index (χ1n) is 4.21. The fraction of sp³-hybridized carbons (Fsp3) is 0.500. The SMILES string of the molecule is CC(C)Nc1nc(C(N)C(=O)O)cs1. The zero-order valence-corrected chi connectivity index (χ0v) is 8.84. The molecule has 6 heteroatoms. The molecule has 0 radical (unpaired) electrons. The van der Waals surface area contributed by atoms with E-state index in [0.29, 0.717) is 10.8 Å². The summed E-state index contributed by atoms with van der Waals surface area (Å²) in [6.45, 7) is 3.97. The van der Waals surface area contributed by atoms with Crippen molar-refractivity contribution in [3.63, 3.8) is 0 Å². The number of hydrogen-bond donors (Lipinski definition) is 3. The molecule has 5 nitrogen and oxygen atoms in total. The normalized spacial score (nSPS) is 12.9. The third-order valence-corrected chi connectivity index (χ3v) is 2.31. The van der Waals surface area contributed by atoms with Gasteiger partial charge in [-0.25, -0.2) is 4.98 Å². The van der Waals surface area contributed by atoms with Crippen molar-refractivity contribution in [2.75, 3.05) is 5.32 Å². The molecule has 0 amide bonds. The van der Waals surface area contributed by atoms with E-state index in [1.54, 1.807) is 5.38 Å². The molecule has 0 saturated heterocycles. The standard InChI is InChI=1S/C8H13N3O2S/c1-4(2)10-8-11-5(3-14-8)6(9)7(12)13/h3-4,6H,9H2,1-2H3,(H,10,11)(H,12,13). The number of aromatic nitrogens is 1. The molecule has 14 heavy (non-hydrogen) atoms. The predicted octanol–water partition coefficient (Wildman–Crippen LogP) is 1.05. The number of carboxylic acids is 1. The summed E-state index contributed by atoms with van der Waals surface area (Å²) < 4.78 is 0. The Labute approximate surface area is 86.0 Å². The number of aliphatic carboxylic acids is 1. The summed E-state index contributed by atoms with van der Waals surface area (Å²) in [6, 6.07) is -0.760. The molecule has 0 aliphatic rings. The van der Waals surface area contributed by atoms with E-state index in [9.17, 15) is 4.79 Å². The van der Waals surface area contributed by atoms with Gasteiger partial charge in [0.15, 0.2) is 5.13 Å². The maximum absolute atomic E-state index is 10.6. The first kappa shape index (κ1) is 10.9. The summed E-state index contributed by atoms with van der Waals surface area (Å²) in [5, 5.41) is 14.1. The fourth-order valence-corrected chi connectivity index (χ4v) is 1.76. The van der Waals surface area contributed by atoms with Gasteiger partial charge >= 0.3 is 5.97 Å². The van der Waals surface area contributed by atoms with Gasteiger partial charge < -0.3 is 16.2 Å². The van der Waals surface area contributed by atoms with Crippen molar-refractivity contribution in [1.29, 1.82) is 0 Å². The van der Waals surface area contributed by atoms with Gasteiger partial charge in [0.25, 0.3) is 0 Å². The molecular formula is C8H13N3O2S. The Bertz CT molecular complexity index is 324. The molecule has 0 bridgehead atoms. The molecule has 1 atom stereocenters. The first-order valence-corrected chi connectivity index (χ1v) is 5.09. The fourth-order valence-electron chi connectivity index (χ4n) is 0.869. The molecule has 0 spiro atoms. The lowest BCUT2D eigenvalue weighted by Gasteiger charge is -2.05. The van der Waals surface area contributed by atoms with Gasteiger partial charge in [0, 0.05) is 11.4 Å². The van der Waals surface area contributed by atoms with E-state index in [1.165, 1.54) is 11.3 Å². The molecular weight excluding hydrogens is 202 g/mol. The van der Waals surface area contributed by atoms with Crippen LogP contribution in [0.2, 0.25) is 0 Å². The maximum atomic E-state index is 10.6. The molecule has 0 aliphatic carbocycles. The monoisotopic (exact) mass is 215 g/mol. The Morgan fingerprint density at radius 3 is 2.86 bits per heavy atom. The van der Waals surface area contributed by atoms with Crippen LogP contribution in [0.3, 0.4) is 0 Å². The number of nitrogens with two attached hydrogens (primary N) is 1. The maximum Gasteiger partial charge on any atom is 0.326 e. The van der Waals surface area contributed by atoms with Crippen LogP contribution in [0.25, 0.3) is 0 Å². The van der Waals surface area contributed by atoms with E-state index in [-0.39, 0.29) is 6.04 Å². The predicted molar refractivity (Wildman–Crippen MR) is 55.4 cm³/mol. The second-order valence-corrected chi connectivity index (χ2v) is 4.05. The third kappa shape index (κ3) is 2.68. The second kappa shape index (κ2) is 4.39. The van der Waals surface area contributed by atoms with E-state index < -0.39 is 12.0 Å². The minimum absolute atomic E-state index is 0.273. The summed E-state index contributed by atoms with van der Waals surface area (Å²) in [7, 11) is 0. The van der Waals surface area contributed by atoms with Gasteiger partial charge in [-0.3, -0.25) is 4.79 Å². The number of carbonyl (C=O) groups is 1. The van der Waals surface area contributed by atoms with Crippen LogP contribution in [0.4, 0.5) is 5.13 Å². The van der Waals surface area contributed by atoms with Crippen LogP contribution in [0.15, 0.2) is 5.38 Å². The smallest absolute Gasteiger partial charge is 0.326 e. The highest BCUT2D eigenvalue weighted by atomic mass is 32.1. The first-order chi connectivity index (χ1) is 6.50. The molecule has 1 heterocycles. The molecule has 0 aliphatic heterocycles. The average Bonchev–Trinajstić information content (AvgIpc) is 2.50. The van der Waals surface area contributed by atoms with Crippen molar-refractivity contribution in [2.45, 2.75) is 25.9 Å². The highest BCUT2D eigenvalue weighted by Crippen LogP contribution is 2.20. The van der Waals surface area contributed by atoms with Crippen molar-refractivity contribution in [2.24, 2.45) is 5.73 Å². The van der Waals surface area contributed by atoms with Gasteiger partial charge in [-0.1, -0.05) is 0 Å². The minimum atomic E-state index is -1.06. The number of nitrogens with one attached hydrogen (secondary N) is 1. The van der Waals surface area contributed by atoms with Gasteiger partial charge in [-0.15, -0.1) is 11.3 Å². The Kier molecular flexibility index (Phi) is 3.43. The van der Waals surface area contributed by atoms with Crippen LogP contribution in [0.5, 0.6) is 0 Å².